The molecule has 0 spiro atoms. The summed E-state index contributed by atoms with van der Waals surface area (Å²) >= 11 is 0. The quantitative estimate of drug-likeness (QED) is 0.111. The molecule has 9 nitrogen and oxygen atoms in total. The summed E-state index contributed by atoms with van der Waals surface area (Å²) in [6.45, 7) is 14.0. The third kappa shape index (κ3) is 10.1. The molecule has 1 aliphatic heterocycles. The van der Waals surface area contributed by atoms with Gasteiger partial charge in [0.1, 0.15) is 23.3 Å². The van der Waals surface area contributed by atoms with Crippen LogP contribution >= 0.6 is 0 Å². The minimum absolute atomic E-state index is 0.0911. The Balaban J connectivity index is 0.00000101. The highest BCUT2D eigenvalue weighted by Gasteiger charge is 2.34. The predicted molar refractivity (Wildman–Crippen MR) is 194 cm³/mol. The van der Waals surface area contributed by atoms with Crippen LogP contribution in [-0.4, -0.2) is 54.0 Å². The van der Waals surface area contributed by atoms with E-state index in [2.05, 4.69) is 32.4 Å². The van der Waals surface area contributed by atoms with Crippen molar-refractivity contribution in [3.05, 3.63) is 113 Å². The maximum atomic E-state index is 15.0. The molecule has 0 saturated carbocycles. The summed E-state index contributed by atoms with van der Waals surface area (Å²) in [5.74, 6) is 0.193. The summed E-state index contributed by atoms with van der Waals surface area (Å²) in [6, 6.07) is 18.8. The number of carbonyl (C=O) groups is 1. The van der Waals surface area contributed by atoms with E-state index >= 15 is 8.78 Å². The second-order valence-electron chi connectivity index (χ2n) is 11.1. The molecule has 5 rings (SSSR count). The van der Waals surface area contributed by atoms with Gasteiger partial charge in [-0.05, 0) is 81.9 Å². The van der Waals surface area contributed by atoms with E-state index in [1.165, 1.54) is 12.1 Å². The highest BCUT2D eigenvalue weighted by Crippen LogP contribution is 2.39. The number of aryl methyl sites for hydroxylation is 1. The summed E-state index contributed by atoms with van der Waals surface area (Å²) in [6.07, 6.45) is 2.14. The third-order valence-electron chi connectivity index (χ3n) is 7.35. The van der Waals surface area contributed by atoms with Gasteiger partial charge in [0.25, 0.3) is 0 Å². The van der Waals surface area contributed by atoms with Crippen LogP contribution in [0.3, 0.4) is 0 Å². The zero-order valence-electron chi connectivity index (χ0n) is 29.0. The molecule has 0 atom stereocenters. The molecular weight excluding hydrogens is 624 g/mol. The van der Waals surface area contributed by atoms with Gasteiger partial charge in [-0.25, -0.2) is 28.3 Å². The first-order valence-corrected chi connectivity index (χ1v) is 16.2. The lowest BCUT2D eigenvalue weighted by Gasteiger charge is -2.31. The lowest BCUT2D eigenvalue weighted by atomic mass is 9.97. The van der Waals surface area contributed by atoms with Crippen molar-refractivity contribution in [1.82, 2.24) is 25.5 Å². The molecule has 2 heterocycles. The molecule has 4 aromatic rings. The SMILES string of the molecule is C=C(NCc1ccccc1)c1ccc(C)c(-c2nc(NCCCN(C)C)nc3c2CNC(=O)N3c2c(F)cccc2F)c1.CC.CC=C=O. The molecule has 2 amide bonds. The number of urea groups is 1. The second kappa shape index (κ2) is 18.8. The monoisotopic (exact) mass is 669 g/mol. The highest BCUT2D eigenvalue weighted by atomic mass is 19.1. The van der Waals surface area contributed by atoms with E-state index in [-0.39, 0.29) is 18.3 Å². The average molecular weight is 670 g/mol. The van der Waals surface area contributed by atoms with Gasteiger partial charge in [-0.1, -0.05) is 69.0 Å². The standard InChI is InChI=1S/C33H35F2N7O.C3H4O.C2H6/c1-21-14-15-24(22(2)37-19-23-10-6-5-7-11-23)18-25(21)29-26-20-38-33(43)42(30-27(34)12-8-13-28(30)35)31(26)40-32(39-29)36-16-9-17-41(3)4;1-2-3-4;1-2/h5-8,10-15,18,37H,2,9,16-17,19-20H2,1,3-4H3,(H,38,43)(H,36,39,40);2H,1H3;1-2H3. The van der Waals surface area contributed by atoms with E-state index in [0.29, 0.717) is 24.3 Å². The van der Waals surface area contributed by atoms with E-state index in [0.717, 1.165) is 57.9 Å². The number of hydrogen-bond donors (Lipinski definition) is 3. The largest absolute Gasteiger partial charge is 0.381 e. The van der Waals surface area contributed by atoms with E-state index in [4.69, 9.17) is 9.78 Å². The van der Waals surface area contributed by atoms with Gasteiger partial charge in [-0.15, -0.1) is 0 Å². The predicted octanol–water partition coefficient (Wildman–Crippen LogP) is 7.64. The van der Waals surface area contributed by atoms with Gasteiger partial charge < -0.3 is 20.9 Å². The lowest BCUT2D eigenvalue weighted by molar-refractivity contribution is 0.246. The van der Waals surface area contributed by atoms with E-state index in [1.54, 1.807) is 12.9 Å². The van der Waals surface area contributed by atoms with Crippen LogP contribution in [0, 0.1) is 18.6 Å². The summed E-state index contributed by atoms with van der Waals surface area (Å²) in [7, 11) is 3.98. The number of aromatic nitrogens is 2. The molecule has 0 radical (unpaired) electrons. The van der Waals surface area contributed by atoms with Crippen LogP contribution in [0.25, 0.3) is 17.0 Å². The number of amides is 2. The van der Waals surface area contributed by atoms with Crippen molar-refractivity contribution in [2.45, 2.75) is 47.2 Å². The molecule has 0 unspecified atom stereocenters. The number of benzene rings is 3. The highest BCUT2D eigenvalue weighted by molar-refractivity contribution is 6.02. The minimum atomic E-state index is -0.873. The van der Waals surface area contributed by atoms with E-state index in [9.17, 15) is 4.79 Å². The van der Waals surface area contributed by atoms with Crippen LogP contribution in [0.15, 0.2) is 79.4 Å². The van der Waals surface area contributed by atoms with Crippen molar-refractivity contribution < 1.29 is 18.4 Å². The topological polar surface area (TPSA) is 102 Å². The molecule has 11 heteroatoms. The first-order chi connectivity index (χ1) is 23.6. The van der Waals surface area contributed by atoms with Gasteiger partial charge in [0.15, 0.2) is 5.82 Å². The Bertz CT molecular complexity index is 1750. The van der Waals surface area contributed by atoms with Crippen LogP contribution in [0.4, 0.5) is 31.0 Å². The maximum absolute atomic E-state index is 15.0. The Labute approximate surface area is 287 Å². The number of carbonyl (C=O) groups excluding carboxylic acids is 2. The first-order valence-electron chi connectivity index (χ1n) is 16.2. The zero-order chi connectivity index (χ0) is 35.9. The van der Waals surface area contributed by atoms with Gasteiger partial charge >= 0.3 is 6.03 Å². The number of nitrogens with zero attached hydrogens (tertiary/aromatic N) is 4. The molecule has 0 fully saturated rings. The minimum Gasteiger partial charge on any atom is -0.381 e. The zero-order valence-corrected chi connectivity index (χ0v) is 29.0. The van der Waals surface area contributed by atoms with Gasteiger partial charge in [0, 0.05) is 29.9 Å². The maximum Gasteiger partial charge on any atom is 0.328 e. The molecule has 1 aliphatic rings. The first kappa shape index (κ1) is 38.1. The number of halogens is 2. The fraction of sp³-hybridized carbons (Fsp3) is 0.289. The van der Waals surface area contributed by atoms with Crippen molar-refractivity contribution in [3.8, 4) is 11.3 Å². The van der Waals surface area contributed by atoms with Crippen molar-refractivity contribution >= 4 is 35.1 Å². The second-order valence-corrected chi connectivity index (χ2v) is 11.1. The van der Waals surface area contributed by atoms with E-state index < -0.39 is 23.4 Å². The summed E-state index contributed by atoms with van der Waals surface area (Å²) in [4.78, 5) is 34.6. The fourth-order valence-electron chi connectivity index (χ4n) is 4.94. The molecule has 1 aromatic heterocycles. The Morgan fingerprint density at radius 1 is 1.06 bits per heavy atom. The van der Waals surface area contributed by atoms with Crippen molar-refractivity contribution in [1.29, 1.82) is 0 Å². The Morgan fingerprint density at radius 3 is 2.37 bits per heavy atom. The van der Waals surface area contributed by atoms with Gasteiger partial charge in [0.05, 0.1) is 12.2 Å². The molecule has 0 bridgehead atoms. The Hall–Kier alpha value is -5.38. The number of nitrogens with one attached hydrogen (secondary N) is 3. The lowest BCUT2D eigenvalue weighted by Crippen LogP contribution is -2.43. The molecule has 258 valence electrons. The molecule has 0 saturated heterocycles. The van der Waals surface area contributed by atoms with Gasteiger partial charge in [0.2, 0.25) is 5.95 Å². The molecule has 3 aromatic carbocycles. The molecule has 3 N–H and O–H groups in total. The molecular formula is C38H45F2N7O2. The number of fused-ring (bicyclic) bond motifs is 1. The van der Waals surface area contributed by atoms with Crippen molar-refractivity contribution in [2.24, 2.45) is 0 Å². The number of anilines is 3. The molecule has 0 aliphatic carbocycles. The third-order valence-corrected chi connectivity index (χ3v) is 7.35. The van der Waals surface area contributed by atoms with Gasteiger partial charge in [-0.3, -0.25) is 0 Å². The Kier molecular flexibility index (Phi) is 14.6. The average Bonchev–Trinajstić information content (AvgIpc) is 3.11. The number of rotatable bonds is 11. The van der Waals surface area contributed by atoms with Crippen LogP contribution in [0.1, 0.15) is 49.4 Å². The van der Waals surface area contributed by atoms with Crippen LogP contribution in [-0.2, 0) is 17.9 Å². The van der Waals surface area contributed by atoms with Gasteiger partial charge in [-0.2, -0.15) is 4.98 Å². The smallest absolute Gasteiger partial charge is 0.328 e. The summed E-state index contributed by atoms with van der Waals surface area (Å²) in [5.41, 5.74) is 5.05. The fourth-order valence-corrected chi connectivity index (χ4v) is 4.94. The van der Waals surface area contributed by atoms with Crippen LogP contribution < -0.4 is 20.9 Å². The summed E-state index contributed by atoms with van der Waals surface area (Å²) in [5, 5.41) is 9.38. The Morgan fingerprint density at radius 2 is 1.73 bits per heavy atom. The number of para-hydroxylation sites is 1. The van der Waals surface area contributed by atoms with Crippen molar-refractivity contribution in [2.75, 3.05) is 37.4 Å². The summed E-state index contributed by atoms with van der Waals surface area (Å²) < 4.78 is 30.0. The molecule has 49 heavy (non-hydrogen) atoms. The van der Waals surface area contributed by atoms with Crippen molar-refractivity contribution in [3.63, 3.8) is 0 Å². The van der Waals surface area contributed by atoms with E-state index in [1.807, 2.05) is 83.4 Å². The van der Waals surface area contributed by atoms with Crippen LogP contribution in [0.2, 0.25) is 0 Å². The number of allylic oxidation sites excluding steroid dienone is 1. The normalized spacial score (nSPS) is 11.5. The van der Waals surface area contributed by atoms with Crippen LogP contribution in [0.5, 0.6) is 0 Å². The number of hydrogen-bond acceptors (Lipinski definition) is 7.